The van der Waals surface area contributed by atoms with Gasteiger partial charge in [0.25, 0.3) is 0 Å². The number of aliphatic carboxylic acids is 1. The normalized spacial score (nSPS) is 15.2. The van der Waals surface area contributed by atoms with Crippen molar-refractivity contribution in [3.05, 3.63) is 12.2 Å². The number of carboxylic acids is 1. The molecule has 0 radical (unpaired) electrons. The lowest BCUT2D eigenvalue weighted by Crippen LogP contribution is -2.34. The number of carbonyl (C=O) groups excluding carboxylic acids is 1. The van der Waals surface area contributed by atoms with Gasteiger partial charge in [0.2, 0.25) is 0 Å². The van der Waals surface area contributed by atoms with E-state index in [0.717, 1.165) is 25.7 Å². The van der Waals surface area contributed by atoms with Crippen molar-refractivity contribution in [3.8, 4) is 0 Å². The first-order valence-electron chi connectivity index (χ1n) is 12.3. The van der Waals surface area contributed by atoms with Crippen LogP contribution >= 0.6 is 7.82 Å². The number of esters is 1. The number of nitrogens with two attached hydrogens (primary N) is 1. The van der Waals surface area contributed by atoms with E-state index in [4.69, 9.17) is 15.6 Å². The minimum Gasteiger partial charge on any atom is -0.480 e. The van der Waals surface area contributed by atoms with Crippen LogP contribution in [0.15, 0.2) is 12.2 Å². The average molecular weight is 510 g/mol. The number of hydrogen-bond donors (Lipinski definition) is 4. The average Bonchev–Trinajstić information content (AvgIpc) is 2.80. The maximum absolute atomic E-state index is 11.7. The molecule has 34 heavy (non-hydrogen) atoms. The molecule has 0 saturated heterocycles. The van der Waals surface area contributed by atoms with Gasteiger partial charge in [-0.1, -0.05) is 64.0 Å². The van der Waals surface area contributed by atoms with Crippen molar-refractivity contribution in [2.24, 2.45) is 5.73 Å². The van der Waals surface area contributed by atoms with E-state index in [0.29, 0.717) is 6.42 Å². The Morgan fingerprint density at radius 1 is 0.882 bits per heavy atom. The Kier molecular flexibility index (Phi) is 20.2. The summed E-state index contributed by atoms with van der Waals surface area (Å²) >= 11 is 0. The molecule has 0 aliphatic carbocycles. The van der Waals surface area contributed by atoms with Gasteiger partial charge in [-0.05, 0) is 32.1 Å². The Bertz CT molecular complexity index is 615. The van der Waals surface area contributed by atoms with Gasteiger partial charge in [0.1, 0.15) is 18.8 Å². The lowest BCUT2D eigenvalue weighted by Gasteiger charge is -2.16. The maximum Gasteiger partial charge on any atom is 0.472 e. The second-order valence-corrected chi connectivity index (χ2v) is 9.78. The van der Waals surface area contributed by atoms with Crippen LogP contribution in [0, 0.1) is 0 Å². The minimum atomic E-state index is -4.58. The quantitative estimate of drug-likeness (QED) is 0.0682. The Morgan fingerprint density at radius 3 is 2.00 bits per heavy atom. The molecule has 0 aromatic rings. The van der Waals surface area contributed by atoms with Gasteiger partial charge in [-0.25, -0.2) is 4.57 Å². The summed E-state index contributed by atoms with van der Waals surface area (Å²) in [4.78, 5) is 31.7. The Labute approximate surface area is 203 Å². The van der Waals surface area contributed by atoms with Crippen LogP contribution in [0.1, 0.15) is 90.4 Å². The zero-order valence-corrected chi connectivity index (χ0v) is 21.3. The van der Waals surface area contributed by atoms with E-state index < -0.39 is 45.1 Å². The van der Waals surface area contributed by atoms with Crippen LogP contribution in [0.3, 0.4) is 0 Å². The number of phosphoric acid groups is 1. The van der Waals surface area contributed by atoms with Crippen molar-refractivity contribution in [1.29, 1.82) is 0 Å². The maximum atomic E-state index is 11.7. The topological polar surface area (TPSA) is 166 Å². The van der Waals surface area contributed by atoms with E-state index >= 15 is 0 Å². The van der Waals surface area contributed by atoms with Crippen LogP contribution in [0.4, 0.5) is 0 Å². The number of rotatable bonds is 23. The predicted octanol–water partition coefficient (Wildman–Crippen LogP) is 4.08. The lowest BCUT2D eigenvalue weighted by atomic mass is 10.1. The molecule has 0 saturated carbocycles. The third-order valence-electron chi connectivity index (χ3n) is 4.99. The molecule has 10 nitrogen and oxygen atoms in total. The molecule has 11 heteroatoms. The minimum absolute atomic E-state index is 0.239. The number of aliphatic hydroxyl groups excluding tert-OH is 1. The molecular weight excluding hydrogens is 465 g/mol. The second-order valence-electron chi connectivity index (χ2n) is 8.32. The SMILES string of the molecule is CCCCCC/C=C\CCCCCCCCC(=O)OC[C@@H](O)COP(=O)(O)OC[C@H](N)C(=O)O. The fraction of sp³-hybridized carbons (Fsp3) is 0.826. The summed E-state index contributed by atoms with van der Waals surface area (Å²) in [6.07, 6.45) is 17.2. The lowest BCUT2D eigenvalue weighted by molar-refractivity contribution is -0.147. The standard InChI is InChI=1S/C23H44NO9P/c1-2-3-4-5-6-7-8-9-10-11-12-13-14-15-16-22(26)31-17-20(25)18-32-34(29,30)33-19-21(24)23(27)28/h7-8,20-21,25H,2-6,9-19,24H2,1H3,(H,27,28)(H,29,30)/b8-7-/t20-,21+/m1/s1. The first-order valence-corrected chi connectivity index (χ1v) is 13.8. The second kappa shape index (κ2) is 21.0. The number of unbranched alkanes of at least 4 members (excludes halogenated alkanes) is 10. The molecule has 0 fully saturated rings. The van der Waals surface area contributed by atoms with E-state index in [1.807, 2.05) is 0 Å². The van der Waals surface area contributed by atoms with E-state index in [2.05, 4.69) is 28.1 Å². The molecular formula is C23H44NO9P. The number of carbonyl (C=O) groups is 2. The van der Waals surface area contributed by atoms with Gasteiger partial charge in [-0.15, -0.1) is 0 Å². The Morgan fingerprint density at radius 2 is 1.41 bits per heavy atom. The summed E-state index contributed by atoms with van der Waals surface area (Å²) in [7, 11) is -4.58. The van der Waals surface area contributed by atoms with E-state index in [1.165, 1.54) is 44.9 Å². The summed E-state index contributed by atoms with van der Waals surface area (Å²) in [6, 6.07) is -1.48. The number of hydrogen-bond acceptors (Lipinski definition) is 8. The van der Waals surface area contributed by atoms with Gasteiger partial charge in [-0.3, -0.25) is 18.6 Å². The van der Waals surface area contributed by atoms with E-state index in [-0.39, 0.29) is 13.0 Å². The van der Waals surface area contributed by atoms with Crippen LogP contribution in [0.2, 0.25) is 0 Å². The summed E-state index contributed by atoms with van der Waals surface area (Å²) < 4.78 is 25.5. The molecule has 0 aromatic carbocycles. The molecule has 5 N–H and O–H groups in total. The van der Waals surface area contributed by atoms with Crippen LogP contribution < -0.4 is 5.73 Å². The van der Waals surface area contributed by atoms with Gasteiger partial charge < -0.3 is 25.6 Å². The molecule has 0 aliphatic heterocycles. The molecule has 3 atom stereocenters. The zero-order valence-electron chi connectivity index (χ0n) is 20.4. The van der Waals surface area contributed by atoms with Crippen molar-refractivity contribution in [2.75, 3.05) is 19.8 Å². The smallest absolute Gasteiger partial charge is 0.472 e. The highest BCUT2D eigenvalue weighted by molar-refractivity contribution is 7.47. The van der Waals surface area contributed by atoms with Crippen LogP contribution in [-0.2, 0) is 27.9 Å². The van der Waals surface area contributed by atoms with Crippen molar-refractivity contribution in [3.63, 3.8) is 0 Å². The number of allylic oxidation sites excluding steroid dienone is 2. The highest BCUT2D eigenvalue weighted by atomic mass is 31.2. The summed E-state index contributed by atoms with van der Waals surface area (Å²) in [5.41, 5.74) is 5.15. The van der Waals surface area contributed by atoms with Gasteiger partial charge in [-0.2, -0.15) is 0 Å². The fourth-order valence-corrected chi connectivity index (χ4v) is 3.72. The van der Waals surface area contributed by atoms with Crippen LogP contribution in [0.25, 0.3) is 0 Å². The van der Waals surface area contributed by atoms with Crippen molar-refractivity contribution in [2.45, 2.75) is 103 Å². The molecule has 1 unspecified atom stereocenters. The first-order chi connectivity index (χ1) is 16.2. The monoisotopic (exact) mass is 509 g/mol. The molecule has 0 heterocycles. The molecule has 200 valence electrons. The van der Waals surface area contributed by atoms with Gasteiger partial charge >= 0.3 is 19.8 Å². The van der Waals surface area contributed by atoms with E-state index in [1.54, 1.807) is 0 Å². The van der Waals surface area contributed by atoms with Crippen molar-refractivity contribution in [1.82, 2.24) is 0 Å². The molecule has 0 spiro atoms. The van der Waals surface area contributed by atoms with Gasteiger partial charge in [0.05, 0.1) is 13.2 Å². The molecule has 0 aliphatic rings. The molecule has 0 aromatic heterocycles. The Hall–Kier alpha value is -1.29. The largest absolute Gasteiger partial charge is 0.480 e. The summed E-state index contributed by atoms with van der Waals surface area (Å²) in [5, 5.41) is 18.3. The summed E-state index contributed by atoms with van der Waals surface area (Å²) in [6.45, 7) is 0.471. The Balaban J connectivity index is 3.63. The van der Waals surface area contributed by atoms with Crippen LogP contribution in [0.5, 0.6) is 0 Å². The molecule has 0 bridgehead atoms. The van der Waals surface area contributed by atoms with Crippen LogP contribution in [-0.4, -0.2) is 59.0 Å². The highest BCUT2D eigenvalue weighted by Gasteiger charge is 2.26. The third-order valence-corrected chi connectivity index (χ3v) is 5.94. The van der Waals surface area contributed by atoms with E-state index in [9.17, 15) is 24.2 Å². The van der Waals surface area contributed by atoms with Crippen molar-refractivity contribution < 1.29 is 43.0 Å². The predicted molar refractivity (Wildman–Crippen MR) is 129 cm³/mol. The first kappa shape index (κ1) is 32.7. The molecule has 0 amide bonds. The number of phosphoric ester groups is 1. The number of carboxylic acid groups (broad SMARTS) is 1. The number of ether oxygens (including phenoxy) is 1. The fourth-order valence-electron chi connectivity index (χ4n) is 2.94. The van der Waals surface area contributed by atoms with Gasteiger partial charge in [0, 0.05) is 6.42 Å². The van der Waals surface area contributed by atoms with Gasteiger partial charge in [0.15, 0.2) is 0 Å². The number of aliphatic hydroxyl groups is 1. The third kappa shape index (κ3) is 21.3. The van der Waals surface area contributed by atoms with Crippen molar-refractivity contribution >= 4 is 19.8 Å². The molecule has 0 rings (SSSR count). The summed E-state index contributed by atoms with van der Waals surface area (Å²) in [5.74, 6) is -1.86. The highest BCUT2D eigenvalue weighted by Crippen LogP contribution is 2.43. The zero-order chi connectivity index (χ0) is 25.7.